The lowest BCUT2D eigenvalue weighted by Gasteiger charge is -2.04. The molecule has 0 aliphatic rings. The summed E-state index contributed by atoms with van der Waals surface area (Å²) in [6.45, 7) is 1.96. The van der Waals surface area contributed by atoms with Gasteiger partial charge in [0.25, 0.3) is 0 Å². The van der Waals surface area contributed by atoms with Crippen LogP contribution in [0.15, 0.2) is 41.0 Å². The standard InChI is InChI=1S/C16H12BrClN2O2/c1-9-6-12(17)16-19-15(10-2-4-11(18)5-3-10)13(7-14(21)22)20(16)8-9/h2-6,8H,7H2,1H3,(H,21,22). The molecule has 3 rings (SSSR count). The number of aromatic nitrogens is 2. The van der Waals surface area contributed by atoms with Crippen LogP contribution in [0.2, 0.25) is 5.02 Å². The van der Waals surface area contributed by atoms with Gasteiger partial charge >= 0.3 is 5.97 Å². The second-order valence-corrected chi connectivity index (χ2v) is 6.33. The predicted octanol–water partition coefficient (Wildman–Crippen LogP) is 4.35. The van der Waals surface area contributed by atoms with Gasteiger partial charge in [0.15, 0.2) is 5.65 Å². The maximum absolute atomic E-state index is 11.2. The first-order valence-corrected chi connectivity index (χ1v) is 7.77. The molecule has 0 amide bonds. The van der Waals surface area contributed by atoms with Crippen molar-refractivity contribution in [2.75, 3.05) is 0 Å². The Labute approximate surface area is 140 Å². The van der Waals surface area contributed by atoms with E-state index in [4.69, 9.17) is 11.6 Å². The third-order valence-corrected chi connectivity index (χ3v) is 4.18. The molecule has 22 heavy (non-hydrogen) atoms. The van der Waals surface area contributed by atoms with Gasteiger partial charge in [-0.1, -0.05) is 23.7 Å². The molecule has 0 spiro atoms. The van der Waals surface area contributed by atoms with Crippen LogP contribution >= 0.6 is 27.5 Å². The van der Waals surface area contributed by atoms with Gasteiger partial charge in [0.05, 0.1) is 22.3 Å². The van der Waals surface area contributed by atoms with Crippen molar-refractivity contribution >= 4 is 39.1 Å². The lowest BCUT2D eigenvalue weighted by molar-refractivity contribution is -0.136. The van der Waals surface area contributed by atoms with E-state index in [2.05, 4.69) is 20.9 Å². The topological polar surface area (TPSA) is 54.6 Å². The first-order valence-electron chi connectivity index (χ1n) is 6.60. The van der Waals surface area contributed by atoms with Crippen molar-refractivity contribution in [1.29, 1.82) is 0 Å². The average molecular weight is 380 g/mol. The highest BCUT2D eigenvalue weighted by atomic mass is 79.9. The Morgan fingerprint density at radius 3 is 2.68 bits per heavy atom. The molecule has 2 heterocycles. The second-order valence-electron chi connectivity index (χ2n) is 5.04. The molecule has 6 heteroatoms. The normalized spacial score (nSPS) is 11.0. The van der Waals surface area contributed by atoms with Crippen LogP contribution in [0.1, 0.15) is 11.3 Å². The molecule has 0 fully saturated rings. The van der Waals surface area contributed by atoms with Crippen molar-refractivity contribution in [2.45, 2.75) is 13.3 Å². The van der Waals surface area contributed by atoms with Gasteiger partial charge in [0.1, 0.15) is 0 Å². The molecule has 0 saturated carbocycles. The monoisotopic (exact) mass is 378 g/mol. The van der Waals surface area contributed by atoms with Crippen molar-refractivity contribution in [3.8, 4) is 11.3 Å². The first-order chi connectivity index (χ1) is 10.5. The molecular weight excluding hydrogens is 368 g/mol. The summed E-state index contributed by atoms with van der Waals surface area (Å²) in [7, 11) is 0. The number of rotatable bonds is 3. The predicted molar refractivity (Wildman–Crippen MR) is 89.4 cm³/mol. The van der Waals surface area contributed by atoms with E-state index in [1.807, 2.05) is 35.7 Å². The highest BCUT2D eigenvalue weighted by molar-refractivity contribution is 9.10. The number of fused-ring (bicyclic) bond motifs is 1. The minimum atomic E-state index is -0.894. The van der Waals surface area contributed by atoms with E-state index in [9.17, 15) is 9.90 Å². The van der Waals surface area contributed by atoms with Crippen molar-refractivity contribution in [1.82, 2.24) is 9.38 Å². The fraction of sp³-hybridized carbons (Fsp3) is 0.125. The zero-order chi connectivity index (χ0) is 15.9. The maximum atomic E-state index is 11.2. The van der Waals surface area contributed by atoms with Crippen LogP contribution in [0.5, 0.6) is 0 Å². The van der Waals surface area contributed by atoms with Gasteiger partial charge in [-0.25, -0.2) is 4.98 Å². The zero-order valence-electron chi connectivity index (χ0n) is 11.7. The quantitative estimate of drug-likeness (QED) is 0.736. The fourth-order valence-corrected chi connectivity index (χ4v) is 3.20. The number of imidazole rings is 1. The van der Waals surface area contributed by atoms with E-state index in [1.165, 1.54) is 0 Å². The Balaban J connectivity index is 2.30. The fourth-order valence-electron chi connectivity index (χ4n) is 2.43. The molecule has 0 atom stereocenters. The number of hydrogen-bond acceptors (Lipinski definition) is 2. The number of benzene rings is 1. The summed E-state index contributed by atoms with van der Waals surface area (Å²) in [6, 6.07) is 9.18. The molecular formula is C16H12BrClN2O2. The van der Waals surface area contributed by atoms with Crippen molar-refractivity contribution in [2.24, 2.45) is 0 Å². The second kappa shape index (κ2) is 5.74. The lowest BCUT2D eigenvalue weighted by Crippen LogP contribution is -2.05. The third-order valence-electron chi connectivity index (χ3n) is 3.35. The number of nitrogens with zero attached hydrogens (tertiary/aromatic N) is 2. The van der Waals surface area contributed by atoms with E-state index in [1.54, 1.807) is 12.1 Å². The third kappa shape index (κ3) is 2.74. The van der Waals surface area contributed by atoms with Gasteiger partial charge in [0, 0.05) is 16.8 Å². The molecule has 4 nitrogen and oxygen atoms in total. The van der Waals surface area contributed by atoms with Crippen LogP contribution < -0.4 is 0 Å². The molecule has 0 unspecified atom stereocenters. The summed E-state index contributed by atoms with van der Waals surface area (Å²) in [5, 5.41) is 9.85. The highest BCUT2D eigenvalue weighted by Gasteiger charge is 2.18. The van der Waals surface area contributed by atoms with Crippen LogP contribution in [-0.2, 0) is 11.2 Å². The number of carboxylic acids is 1. The van der Waals surface area contributed by atoms with Gasteiger partial charge in [-0.15, -0.1) is 0 Å². The van der Waals surface area contributed by atoms with E-state index in [0.29, 0.717) is 22.1 Å². The van der Waals surface area contributed by atoms with E-state index in [-0.39, 0.29) is 6.42 Å². The number of hydrogen-bond donors (Lipinski definition) is 1. The number of aliphatic carboxylic acids is 1. The van der Waals surface area contributed by atoms with Crippen LogP contribution in [0.25, 0.3) is 16.9 Å². The summed E-state index contributed by atoms with van der Waals surface area (Å²) in [4.78, 5) is 15.9. The van der Waals surface area contributed by atoms with Gasteiger partial charge in [-0.05, 0) is 46.6 Å². The van der Waals surface area contributed by atoms with Gasteiger partial charge in [-0.3, -0.25) is 4.79 Å². The Hall–Kier alpha value is -1.85. The Kier molecular flexibility index (Phi) is 3.93. The van der Waals surface area contributed by atoms with Gasteiger partial charge in [-0.2, -0.15) is 0 Å². The molecule has 3 aromatic rings. The first kappa shape index (κ1) is 15.1. The number of pyridine rings is 1. The molecule has 1 aromatic carbocycles. The Morgan fingerprint density at radius 2 is 2.05 bits per heavy atom. The largest absolute Gasteiger partial charge is 0.481 e. The summed E-state index contributed by atoms with van der Waals surface area (Å²) in [5.74, 6) is -0.894. The SMILES string of the molecule is Cc1cc(Br)c2nc(-c3ccc(Cl)cc3)c(CC(=O)O)n2c1. The summed E-state index contributed by atoms with van der Waals surface area (Å²) >= 11 is 9.41. The van der Waals surface area contributed by atoms with Crippen molar-refractivity contribution < 1.29 is 9.90 Å². The molecule has 0 bridgehead atoms. The molecule has 0 aliphatic carbocycles. The van der Waals surface area contributed by atoms with Crippen LogP contribution in [0, 0.1) is 6.92 Å². The number of halogens is 2. The molecule has 1 N–H and O–H groups in total. The summed E-state index contributed by atoms with van der Waals surface area (Å²) in [5.41, 5.74) is 3.87. The van der Waals surface area contributed by atoms with Crippen LogP contribution in [-0.4, -0.2) is 20.5 Å². The van der Waals surface area contributed by atoms with Gasteiger partial charge < -0.3 is 9.51 Å². The average Bonchev–Trinajstić information content (AvgIpc) is 2.78. The summed E-state index contributed by atoms with van der Waals surface area (Å²) < 4.78 is 2.66. The highest BCUT2D eigenvalue weighted by Crippen LogP contribution is 2.29. The van der Waals surface area contributed by atoms with Crippen molar-refractivity contribution in [3.63, 3.8) is 0 Å². The Bertz CT molecular complexity index is 872. The molecule has 0 aliphatic heterocycles. The van der Waals surface area contributed by atoms with Gasteiger partial charge in [0.2, 0.25) is 0 Å². The number of carboxylic acid groups (broad SMARTS) is 1. The Morgan fingerprint density at radius 1 is 1.36 bits per heavy atom. The number of aryl methyl sites for hydroxylation is 1. The molecule has 2 aromatic heterocycles. The maximum Gasteiger partial charge on any atom is 0.309 e. The molecule has 0 radical (unpaired) electrons. The van der Waals surface area contributed by atoms with E-state index < -0.39 is 5.97 Å². The minimum absolute atomic E-state index is 0.102. The zero-order valence-corrected chi connectivity index (χ0v) is 14.0. The van der Waals surface area contributed by atoms with Crippen molar-refractivity contribution in [3.05, 3.63) is 57.3 Å². The summed E-state index contributed by atoms with van der Waals surface area (Å²) in [6.07, 6.45) is 1.79. The number of carbonyl (C=O) groups is 1. The smallest absolute Gasteiger partial charge is 0.309 e. The van der Waals surface area contributed by atoms with Crippen LogP contribution in [0.4, 0.5) is 0 Å². The lowest BCUT2D eigenvalue weighted by atomic mass is 10.1. The molecule has 112 valence electrons. The van der Waals surface area contributed by atoms with E-state index in [0.717, 1.165) is 15.6 Å². The van der Waals surface area contributed by atoms with E-state index >= 15 is 0 Å². The van der Waals surface area contributed by atoms with Crippen LogP contribution in [0.3, 0.4) is 0 Å². The minimum Gasteiger partial charge on any atom is -0.481 e. The molecule has 0 saturated heterocycles.